The number of sulfone groups is 1. The molecule has 2 aromatic carbocycles. The molecule has 2 N–H and O–H groups in total. The Hall–Kier alpha value is -1.63. The molecule has 3 rings (SSSR count). The SMILES string of the molecule is CB1OC(CN)c2cccc(CS(=O)(=O)c3ccccc3)c21. The van der Waals surface area contributed by atoms with Gasteiger partial charge in [0.2, 0.25) is 0 Å². The van der Waals surface area contributed by atoms with Gasteiger partial charge in [0.1, 0.15) is 0 Å². The summed E-state index contributed by atoms with van der Waals surface area (Å²) in [4.78, 5) is 0.342. The summed E-state index contributed by atoms with van der Waals surface area (Å²) < 4.78 is 31.0. The molecule has 1 unspecified atom stereocenters. The van der Waals surface area contributed by atoms with E-state index in [1.807, 2.05) is 25.0 Å². The first-order valence-electron chi connectivity index (χ1n) is 7.28. The van der Waals surface area contributed by atoms with Crippen molar-refractivity contribution < 1.29 is 13.1 Å². The van der Waals surface area contributed by atoms with E-state index in [1.54, 1.807) is 30.3 Å². The number of hydrogen-bond acceptors (Lipinski definition) is 4. The summed E-state index contributed by atoms with van der Waals surface area (Å²) in [5.41, 5.74) is 8.51. The maximum Gasteiger partial charge on any atom is 0.325 e. The maximum absolute atomic E-state index is 12.6. The zero-order chi connectivity index (χ0) is 15.7. The highest BCUT2D eigenvalue weighted by Crippen LogP contribution is 2.26. The Morgan fingerprint density at radius 1 is 1.14 bits per heavy atom. The van der Waals surface area contributed by atoms with Gasteiger partial charge in [-0.3, -0.25) is 0 Å². The van der Waals surface area contributed by atoms with Gasteiger partial charge < -0.3 is 10.4 Å². The minimum atomic E-state index is -3.37. The van der Waals surface area contributed by atoms with E-state index < -0.39 is 9.84 Å². The number of rotatable bonds is 4. The molecule has 114 valence electrons. The van der Waals surface area contributed by atoms with Gasteiger partial charge in [0, 0.05) is 6.54 Å². The van der Waals surface area contributed by atoms with Crippen molar-refractivity contribution in [3.63, 3.8) is 0 Å². The van der Waals surface area contributed by atoms with Crippen molar-refractivity contribution in [2.75, 3.05) is 6.54 Å². The zero-order valence-electron chi connectivity index (χ0n) is 12.4. The average molecular weight is 315 g/mol. The standard InChI is InChI=1S/C16H18BNO3S/c1-17-16-12(6-5-9-14(16)15(10-18)21-17)11-22(19,20)13-7-3-2-4-8-13/h2-9,15H,10-11,18H2,1H3. The van der Waals surface area contributed by atoms with Crippen LogP contribution in [0.2, 0.25) is 6.82 Å². The van der Waals surface area contributed by atoms with Crippen LogP contribution >= 0.6 is 0 Å². The Kier molecular flexibility index (Phi) is 4.08. The summed E-state index contributed by atoms with van der Waals surface area (Å²) in [6.07, 6.45) is -0.149. The third kappa shape index (κ3) is 2.69. The lowest BCUT2D eigenvalue weighted by Crippen LogP contribution is -2.29. The molecule has 0 saturated carbocycles. The molecule has 6 heteroatoms. The quantitative estimate of drug-likeness (QED) is 0.869. The molecule has 0 spiro atoms. The van der Waals surface area contributed by atoms with Crippen molar-refractivity contribution in [3.05, 3.63) is 59.7 Å². The fraction of sp³-hybridized carbons (Fsp3) is 0.250. The van der Waals surface area contributed by atoms with E-state index >= 15 is 0 Å². The lowest BCUT2D eigenvalue weighted by molar-refractivity contribution is 0.235. The van der Waals surface area contributed by atoms with Crippen molar-refractivity contribution in [3.8, 4) is 0 Å². The van der Waals surface area contributed by atoms with E-state index in [-0.39, 0.29) is 18.8 Å². The summed E-state index contributed by atoms with van der Waals surface area (Å²) >= 11 is 0. The third-order valence-electron chi connectivity index (χ3n) is 4.01. The van der Waals surface area contributed by atoms with Crippen LogP contribution in [0.15, 0.2) is 53.4 Å². The molecule has 4 nitrogen and oxygen atoms in total. The number of nitrogens with two attached hydrogens (primary N) is 1. The van der Waals surface area contributed by atoms with Crippen LogP contribution in [-0.4, -0.2) is 21.9 Å². The van der Waals surface area contributed by atoms with Crippen LogP contribution in [0.1, 0.15) is 17.2 Å². The molecule has 0 fully saturated rings. The van der Waals surface area contributed by atoms with Crippen LogP contribution in [-0.2, 0) is 20.2 Å². The Morgan fingerprint density at radius 2 is 1.86 bits per heavy atom. The predicted molar refractivity (Wildman–Crippen MR) is 87.9 cm³/mol. The summed E-state index contributed by atoms with van der Waals surface area (Å²) in [6.45, 7) is 2.20. The van der Waals surface area contributed by atoms with Crippen LogP contribution in [0.3, 0.4) is 0 Å². The van der Waals surface area contributed by atoms with Crippen LogP contribution in [0.25, 0.3) is 0 Å². The van der Waals surface area contributed by atoms with Crippen molar-refractivity contribution in [2.45, 2.75) is 23.6 Å². The first-order valence-corrected chi connectivity index (χ1v) is 8.93. The molecule has 1 heterocycles. The van der Waals surface area contributed by atoms with E-state index in [0.29, 0.717) is 11.4 Å². The Bertz CT molecular complexity index is 777. The smallest absolute Gasteiger partial charge is 0.325 e. The molecule has 0 radical (unpaired) electrons. The molecule has 1 aliphatic rings. The third-order valence-corrected chi connectivity index (χ3v) is 5.70. The highest BCUT2D eigenvalue weighted by molar-refractivity contribution is 7.90. The van der Waals surface area contributed by atoms with Gasteiger partial charge in [-0.15, -0.1) is 0 Å². The number of fused-ring (bicyclic) bond motifs is 1. The van der Waals surface area contributed by atoms with Gasteiger partial charge in [0.25, 0.3) is 0 Å². The first-order chi connectivity index (χ1) is 10.5. The zero-order valence-corrected chi connectivity index (χ0v) is 13.2. The predicted octanol–water partition coefficient (Wildman–Crippen LogP) is 1.52. The van der Waals surface area contributed by atoms with E-state index in [4.69, 9.17) is 10.4 Å². The Balaban J connectivity index is 2.00. The van der Waals surface area contributed by atoms with E-state index in [1.165, 1.54) is 0 Å². The molecule has 0 amide bonds. The van der Waals surface area contributed by atoms with Gasteiger partial charge in [-0.1, -0.05) is 43.2 Å². The highest BCUT2D eigenvalue weighted by atomic mass is 32.2. The van der Waals surface area contributed by atoms with E-state index in [9.17, 15) is 8.42 Å². The number of benzene rings is 2. The van der Waals surface area contributed by atoms with Crippen molar-refractivity contribution in [1.29, 1.82) is 0 Å². The van der Waals surface area contributed by atoms with Gasteiger partial charge in [0.05, 0.1) is 16.8 Å². The van der Waals surface area contributed by atoms with Gasteiger partial charge in [0.15, 0.2) is 9.84 Å². The number of hydrogen-bond donors (Lipinski definition) is 1. The minimum absolute atomic E-state index is 0.0226. The molecule has 1 atom stereocenters. The van der Waals surface area contributed by atoms with E-state index in [2.05, 4.69) is 0 Å². The minimum Gasteiger partial charge on any atom is -0.423 e. The molecule has 0 saturated heterocycles. The van der Waals surface area contributed by atoms with Crippen molar-refractivity contribution in [1.82, 2.24) is 0 Å². The molecule has 0 aliphatic carbocycles. The second-order valence-corrected chi connectivity index (χ2v) is 7.48. The average Bonchev–Trinajstić information content (AvgIpc) is 2.85. The van der Waals surface area contributed by atoms with E-state index in [0.717, 1.165) is 16.6 Å². The largest absolute Gasteiger partial charge is 0.423 e. The molecule has 0 bridgehead atoms. The van der Waals surface area contributed by atoms with Crippen LogP contribution in [0.5, 0.6) is 0 Å². The van der Waals surface area contributed by atoms with Crippen LogP contribution in [0.4, 0.5) is 0 Å². The summed E-state index contributed by atoms with van der Waals surface area (Å²) in [5.74, 6) is -0.0226. The van der Waals surface area contributed by atoms with Crippen LogP contribution in [0, 0.1) is 0 Å². The molecule has 22 heavy (non-hydrogen) atoms. The van der Waals surface area contributed by atoms with Crippen molar-refractivity contribution >= 4 is 22.2 Å². The van der Waals surface area contributed by atoms with Gasteiger partial charge >= 0.3 is 6.92 Å². The lowest BCUT2D eigenvalue weighted by Gasteiger charge is -2.11. The van der Waals surface area contributed by atoms with Gasteiger partial charge in [-0.05, 0) is 28.7 Å². The molecule has 0 aromatic heterocycles. The Morgan fingerprint density at radius 3 is 2.55 bits per heavy atom. The Labute approximate surface area is 131 Å². The van der Waals surface area contributed by atoms with Crippen molar-refractivity contribution in [2.24, 2.45) is 5.73 Å². The summed E-state index contributed by atoms with van der Waals surface area (Å²) in [6, 6.07) is 14.2. The molecular weight excluding hydrogens is 297 g/mol. The topological polar surface area (TPSA) is 69.4 Å². The monoisotopic (exact) mass is 315 g/mol. The summed E-state index contributed by atoms with van der Waals surface area (Å²) in [7, 11) is -3.37. The molecule has 1 aliphatic heterocycles. The van der Waals surface area contributed by atoms with Gasteiger partial charge in [-0.2, -0.15) is 0 Å². The molecule has 2 aromatic rings. The normalized spacial score (nSPS) is 17.5. The fourth-order valence-electron chi connectivity index (χ4n) is 3.02. The molecular formula is C16H18BNO3S. The highest BCUT2D eigenvalue weighted by Gasteiger charge is 2.33. The maximum atomic E-state index is 12.6. The lowest BCUT2D eigenvalue weighted by atomic mass is 9.62. The first kappa shape index (κ1) is 15.3. The van der Waals surface area contributed by atoms with Gasteiger partial charge in [-0.25, -0.2) is 8.42 Å². The van der Waals surface area contributed by atoms with Crippen LogP contribution < -0.4 is 11.2 Å². The summed E-state index contributed by atoms with van der Waals surface area (Å²) in [5, 5.41) is 0. The second-order valence-electron chi connectivity index (χ2n) is 5.49. The fourth-order valence-corrected chi connectivity index (χ4v) is 4.42. The second kappa shape index (κ2) is 5.87.